The second-order valence-corrected chi connectivity index (χ2v) is 5.66. The highest BCUT2D eigenvalue weighted by molar-refractivity contribution is 5.78. The van der Waals surface area contributed by atoms with Crippen molar-refractivity contribution in [3.63, 3.8) is 0 Å². The molecule has 0 aliphatic carbocycles. The van der Waals surface area contributed by atoms with Gasteiger partial charge in [0.1, 0.15) is 0 Å². The van der Waals surface area contributed by atoms with Crippen LogP contribution in [0.4, 0.5) is 9.59 Å². The first kappa shape index (κ1) is 19.5. The molecule has 0 saturated carbocycles. The van der Waals surface area contributed by atoms with E-state index in [2.05, 4.69) is 0 Å². The Kier molecular flexibility index (Phi) is 6.77. The molecule has 1 heterocycles. The van der Waals surface area contributed by atoms with Crippen molar-refractivity contribution >= 4 is 12.2 Å². The summed E-state index contributed by atoms with van der Waals surface area (Å²) < 4.78 is 11.8. The summed E-state index contributed by atoms with van der Waals surface area (Å²) in [4.78, 5) is 37.7. The van der Waals surface area contributed by atoms with Gasteiger partial charge in [0.2, 0.25) is 0 Å². The smallest absolute Gasteiger partial charge is 0.436 e. The molecule has 0 aliphatic heterocycles. The van der Waals surface area contributed by atoms with Gasteiger partial charge >= 0.3 is 12.2 Å². The molecule has 0 spiro atoms. The summed E-state index contributed by atoms with van der Waals surface area (Å²) in [7, 11) is 0. The van der Waals surface area contributed by atoms with E-state index in [-0.39, 0.29) is 13.2 Å². The molecule has 7 nitrogen and oxygen atoms in total. The first-order chi connectivity index (χ1) is 12.5. The number of nitrogens with zero attached hydrogens (tertiary/aromatic N) is 2. The van der Waals surface area contributed by atoms with E-state index in [1.165, 1.54) is 0 Å². The van der Waals surface area contributed by atoms with Crippen molar-refractivity contribution in [3.8, 4) is 0 Å². The summed E-state index contributed by atoms with van der Waals surface area (Å²) in [6.07, 6.45) is -0.177. The maximum Gasteiger partial charge on any atom is 0.436 e. The van der Waals surface area contributed by atoms with Crippen LogP contribution in [0.2, 0.25) is 0 Å². The Hall–Kier alpha value is -2.83. The molecular formula is C19H24N2O5. The zero-order valence-electron chi connectivity index (χ0n) is 15.4. The van der Waals surface area contributed by atoms with Crippen LogP contribution in [0.1, 0.15) is 44.0 Å². The van der Waals surface area contributed by atoms with Crippen molar-refractivity contribution in [2.75, 3.05) is 13.2 Å². The Labute approximate surface area is 152 Å². The molecule has 1 aromatic carbocycles. The van der Waals surface area contributed by atoms with Gasteiger partial charge in [0, 0.05) is 12.0 Å². The standard InChI is InChI=1S/C19H24N2O5/c1-4-10-15-16(13-14-11-8-7-9-12-14)20(18(23)25-5-2)21(17(15)22)19(24)26-6-3/h7-9,11-12H,4-6,10,13H2,1-3H3. The molecule has 0 aliphatic rings. The monoisotopic (exact) mass is 360 g/mol. The third-order valence-electron chi connectivity index (χ3n) is 3.85. The third kappa shape index (κ3) is 4.04. The van der Waals surface area contributed by atoms with Crippen LogP contribution in [0, 0.1) is 0 Å². The molecule has 26 heavy (non-hydrogen) atoms. The molecule has 0 N–H and O–H groups in total. The number of ether oxygens (including phenoxy) is 2. The molecule has 1 aromatic heterocycles. The molecular weight excluding hydrogens is 336 g/mol. The maximum absolute atomic E-state index is 12.8. The zero-order chi connectivity index (χ0) is 19.1. The van der Waals surface area contributed by atoms with E-state index in [9.17, 15) is 14.4 Å². The van der Waals surface area contributed by atoms with Crippen LogP contribution in [0.3, 0.4) is 0 Å². The van der Waals surface area contributed by atoms with Gasteiger partial charge in [0.05, 0.1) is 18.9 Å². The van der Waals surface area contributed by atoms with Crippen molar-refractivity contribution in [1.82, 2.24) is 9.36 Å². The number of carbonyl (C=O) groups is 2. The molecule has 0 unspecified atom stereocenters. The minimum Gasteiger partial charge on any atom is -0.448 e. The van der Waals surface area contributed by atoms with Crippen LogP contribution in [-0.4, -0.2) is 34.8 Å². The fraction of sp³-hybridized carbons (Fsp3) is 0.421. The fourth-order valence-corrected chi connectivity index (χ4v) is 2.79. The van der Waals surface area contributed by atoms with Gasteiger partial charge in [-0.15, -0.1) is 4.68 Å². The van der Waals surface area contributed by atoms with Crippen LogP contribution in [0.25, 0.3) is 0 Å². The minimum atomic E-state index is -0.887. The first-order valence-corrected chi connectivity index (χ1v) is 8.79. The number of aromatic nitrogens is 2. The van der Waals surface area contributed by atoms with Gasteiger partial charge in [-0.1, -0.05) is 43.7 Å². The lowest BCUT2D eigenvalue weighted by atomic mass is 10.0. The van der Waals surface area contributed by atoms with E-state index < -0.39 is 17.7 Å². The quantitative estimate of drug-likeness (QED) is 0.790. The average molecular weight is 360 g/mol. The predicted octanol–water partition coefficient (Wildman–Crippen LogP) is 3.20. The van der Waals surface area contributed by atoms with Crippen molar-refractivity contribution < 1.29 is 19.1 Å². The summed E-state index contributed by atoms with van der Waals surface area (Å²) in [6.45, 7) is 5.46. The highest BCUT2D eigenvalue weighted by Crippen LogP contribution is 2.16. The molecule has 0 bridgehead atoms. The number of rotatable bonds is 6. The molecule has 2 rings (SSSR count). The Morgan fingerprint density at radius 1 is 0.923 bits per heavy atom. The molecule has 0 saturated heterocycles. The van der Waals surface area contributed by atoms with Gasteiger partial charge in [0.15, 0.2) is 0 Å². The Morgan fingerprint density at radius 2 is 1.50 bits per heavy atom. The average Bonchev–Trinajstić information content (AvgIpc) is 2.89. The van der Waals surface area contributed by atoms with Crippen LogP contribution < -0.4 is 5.56 Å². The van der Waals surface area contributed by atoms with Gasteiger partial charge < -0.3 is 9.47 Å². The molecule has 0 fully saturated rings. The fourth-order valence-electron chi connectivity index (χ4n) is 2.79. The van der Waals surface area contributed by atoms with Crippen LogP contribution in [0.15, 0.2) is 35.1 Å². The van der Waals surface area contributed by atoms with Crippen molar-refractivity contribution in [3.05, 3.63) is 57.5 Å². The number of hydrogen-bond donors (Lipinski definition) is 0. The molecule has 140 valence electrons. The lowest BCUT2D eigenvalue weighted by molar-refractivity contribution is 0.128. The van der Waals surface area contributed by atoms with Crippen molar-refractivity contribution in [2.24, 2.45) is 0 Å². The number of benzene rings is 1. The SMILES string of the molecule is CCCc1c(Cc2ccccc2)n(C(=O)OCC)n(C(=O)OCC)c1=O. The van der Waals surface area contributed by atoms with Crippen LogP contribution in [0.5, 0.6) is 0 Å². The van der Waals surface area contributed by atoms with Crippen molar-refractivity contribution in [1.29, 1.82) is 0 Å². The van der Waals surface area contributed by atoms with Gasteiger partial charge in [-0.2, -0.15) is 4.68 Å². The number of hydrogen-bond acceptors (Lipinski definition) is 5. The summed E-state index contributed by atoms with van der Waals surface area (Å²) in [6, 6.07) is 9.45. The highest BCUT2D eigenvalue weighted by Gasteiger charge is 2.28. The molecule has 0 amide bonds. The summed E-state index contributed by atoms with van der Waals surface area (Å²) >= 11 is 0. The minimum absolute atomic E-state index is 0.0937. The lowest BCUT2D eigenvalue weighted by Crippen LogP contribution is -2.35. The second-order valence-electron chi connectivity index (χ2n) is 5.66. The van der Waals surface area contributed by atoms with E-state index in [0.717, 1.165) is 14.9 Å². The van der Waals surface area contributed by atoms with E-state index in [1.54, 1.807) is 13.8 Å². The zero-order valence-corrected chi connectivity index (χ0v) is 15.4. The summed E-state index contributed by atoms with van der Waals surface area (Å²) in [5.74, 6) is 0. The second kappa shape index (κ2) is 9.03. The first-order valence-electron chi connectivity index (χ1n) is 8.79. The summed E-state index contributed by atoms with van der Waals surface area (Å²) in [5, 5.41) is 0. The van der Waals surface area contributed by atoms with Gasteiger partial charge in [-0.25, -0.2) is 9.59 Å². The van der Waals surface area contributed by atoms with Gasteiger partial charge in [-0.3, -0.25) is 4.79 Å². The normalized spacial score (nSPS) is 10.6. The molecule has 7 heteroatoms. The molecule has 2 aromatic rings. The Bertz CT molecular complexity index is 820. The summed E-state index contributed by atoms with van der Waals surface area (Å²) in [5.41, 5.74) is 1.26. The molecule has 0 atom stereocenters. The third-order valence-corrected chi connectivity index (χ3v) is 3.85. The maximum atomic E-state index is 12.8. The Morgan fingerprint density at radius 3 is 2.04 bits per heavy atom. The highest BCUT2D eigenvalue weighted by atomic mass is 16.6. The van der Waals surface area contributed by atoms with E-state index in [0.29, 0.717) is 30.5 Å². The van der Waals surface area contributed by atoms with E-state index in [4.69, 9.17) is 9.47 Å². The van der Waals surface area contributed by atoms with Gasteiger partial charge in [0.25, 0.3) is 5.56 Å². The largest absolute Gasteiger partial charge is 0.448 e. The van der Waals surface area contributed by atoms with Crippen LogP contribution in [-0.2, 0) is 22.3 Å². The van der Waals surface area contributed by atoms with E-state index in [1.807, 2.05) is 37.3 Å². The van der Waals surface area contributed by atoms with Crippen molar-refractivity contribution in [2.45, 2.75) is 40.0 Å². The Balaban J connectivity index is 2.68. The van der Waals surface area contributed by atoms with E-state index >= 15 is 0 Å². The lowest BCUT2D eigenvalue weighted by Gasteiger charge is -2.12. The predicted molar refractivity (Wildman–Crippen MR) is 96.8 cm³/mol. The molecule has 0 radical (unpaired) electrons. The number of carbonyl (C=O) groups excluding carboxylic acids is 2. The topological polar surface area (TPSA) is 79.5 Å². The van der Waals surface area contributed by atoms with Gasteiger partial charge in [-0.05, 0) is 25.8 Å². The van der Waals surface area contributed by atoms with Crippen LogP contribution >= 0.6 is 0 Å².